The van der Waals surface area contributed by atoms with E-state index in [1.165, 1.54) is 0 Å². The van der Waals surface area contributed by atoms with Gasteiger partial charge in [-0.15, -0.1) is 0 Å². The van der Waals surface area contributed by atoms with Crippen LogP contribution in [0.1, 0.15) is 12.2 Å². The zero-order valence-electron chi connectivity index (χ0n) is 6.96. The number of amidine groups is 1. The summed E-state index contributed by atoms with van der Waals surface area (Å²) in [6.07, 6.45) is 9.60. The number of nitrogens with zero attached hydrogens (tertiary/aromatic N) is 4. The van der Waals surface area contributed by atoms with Crippen LogP contribution in [0, 0.1) is 0 Å². The van der Waals surface area contributed by atoms with Gasteiger partial charge in [0.25, 0.3) is 0 Å². The summed E-state index contributed by atoms with van der Waals surface area (Å²) in [5.41, 5.74) is 0. The van der Waals surface area contributed by atoms with Crippen LogP contribution in [0.5, 0.6) is 0 Å². The van der Waals surface area contributed by atoms with Crippen LogP contribution in [0.25, 0.3) is 0 Å². The second kappa shape index (κ2) is 3.71. The Kier molecular flexibility index (Phi) is 2.22. The van der Waals surface area contributed by atoms with Gasteiger partial charge in [0, 0.05) is 31.2 Å². The first-order valence-electron chi connectivity index (χ1n) is 3.99. The molecule has 0 saturated heterocycles. The molecule has 0 N–H and O–H groups in total. The van der Waals surface area contributed by atoms with Gasteiger partial charge in [0.2, 0.25) is 0 Å². The van der Waals surface area contributed by atoms with Crippen molar-refractivity contribution < 1.29 is 0 Å². The van der Waals surface area contributed by atoms with E-state index in [4.69, 9.17) is 0 Å². The van der Waals surface area contributed by atoms with Crippen LogP contribution in [-0.4, -0.2) is 22.0 Å². The highest BCUT2D eigenvalue weighted by atomic mass is 15.0. The number of aromatic nitrogens is 2. The third kappa shape index (κ3) is 1.84. The van der Waals surface area contributed by atoms with E-state index in [0.717, 1.165) is 6.42 Å². The smallest absolute Gasteiger partial charge is 0.197 e. The Labute approximate surface area is 75.8 Å². The Balaban J connectivity index is 2.36. The molecule has 1 aromatic rings. The van der Waals surface area contributed by atoms with Gasteiger partial charge in [-0.1, -0.05) is 6.08 Å². The van der Waals surface area contributed by atoms with Crippen molar-refractivity contribution in [3.05, 3.63) is 36.6 Å². The highest BCUT2D eigenvalue weighted by molar-refractivity contribution is 6.00. The second-order valence-electron chi connectivity index (χ2n) is 2.46. The van der Waals surface area contributed by atoms with E-state index in [2.05, 4.69) is 20.0 Å². The number of hydrogen-bond donors (Lipinski definition) is 0. The van der Waals surface area contributed by atoms with Crippen molar-refractivity contribution in [1.29, 1.82) is 0 Å². The molecule has 0 atom stereocenters. The minimum absolute atomic E-state index is 0.560. The van der Waals surface area contributed by atoms with Gasteiger partial charge in [0.15, 0.2) is 11.7 Å². The Morgan fingerprint density at radius 2 is 2.00 bits per heavy atom. The fourth-order valence-electron chi connectivity index (χ4n) is 0.948. The predicted octanol–water partition coefficient (Wildman–Crippen LogP) is 1.21. The number of allylic oxidation sites excluding steroid dienone is 1. The molecule has 0 unspecified atom stereocenters. The first-order chi connectivity index (χ1) is 6.47. The summed E-state index contributed by atoms with van der Waals surface area (Å²) in [5.74, 6) is 1.12. The number of aliphatic imine (C=N–C) groups is 2. The molecule has 1 aliphatic rings. The summed E-state index contributed by atoms with van der Waals surface area (Å²) in [6, 6.07) is 1.76. The molecule has 0 aliphatic carbocycles. The van der Waals surface area contributed by atoms with Crippen molar-refractivity contribution in [2.24, 2.45) is 9.98 Å². The molecule has 1 aromatic heterocycles. The summed E-state index contributed by atoms with van der Waals surface area (Å²) in [4.78, 5) is 16.3. The second-order valence-corrected chi connectivity index (χ2v) is 2.46. The molecule has 2 rings (SSSR count). The molecule has 0 aromatic carbocycles. The summed E-state index contributed by atoms with van der Waals surface area (Å²) >= 11 is 0. The largest absolute Gasteiger partial charge is 0.238 e. The lowest BCUT2D eigenvalue weighted by atomic mass is 10.4. The van der Waals surface area contributed by atoms with Crippen molar-refractivity contribution in [2.45, 2.75) is 6.42 Å². The van der Waals surface area contributed by atoms with Gasteiger partial charge in [-0.3, -0.25) is 0 Å². The van der Waals surface area contributed by atoms with Crippen LogP contribution in [0.15, 0.2) is 40.7 Å². The summed E-state index contributed by atoms with van der Waals surface area (Å²) < 4.78 is 0. The quantitative estimate of drug-likeness (QED) is 0.639. The molecule has 4 nitrogen and oxygen atoms in total. The highest BCUT2D eigenvalue weighted by Crippen LogP contribution is 1.98. The molecule has 4 heteroatoms. The van der Waals surface area contributed by atoms with Crippen LogP contribution in [0.4, 0.5) is 0 Å². The lowest BCUT2D eigenvalue weighted by Crippen LogP contribution is -2.02. The fraction of sp³-hybridized carbons (Fsp3) is 0.111. The zero-order chi connectivity index (χ0) is 8.93. The van der Waals surface area contributed by atoms with Gasteiger partial charge in [-0.2, -0.15) is 0 Å². The van der Waals surface area contributed by atoms with Gasteiger partial charge >= 0.3 is 0 Å². The van der Waals surface area contributed by atoms with Crippen molar-refractivity contribution in [3.63, 3.8) is 0 Å². The van der Waals surface area contributed by atoms with Crippen molar-refractivity contribution >= 4 is 12.1 Å². The Hall–Kier alpha value is -1.84. The highest BCUT2D eigenvalue weighted by Gasteiger charge is 2.02. The molecule has 0 fully saturated rings. The molecule has 0 spiro atoms. The van der Waals surface area contributed by atoms with E-state index in [9.17, 15) is 0 Å². The predicted molar refractivity (Wildman–Crippen MR) is 50.8 cm³/mol. The van der Waals surface area contributed by atoms with Crippen LogP contribution in [0.2, 0.25) is 0 Å². The molecule has 0 bridgehead atoms. The van der Waals surface area contributed by atoms with Crippen LogP contribution < -0.4 is 0 Å². The monoisotopic (exact) mass is 172 g/mol. The lowest BCUT2D eigenvalue weighted by molar-refractivity contribution is 1.12. The van der Waals surface area contributed by atoms with Crippen molar-refractivity contribution in [1.82, 2.24) is 9.97 Å². The van der Waals surface area contributed by atoms with Gasteiger partial charge < -0.3 is 0 Å². The molecular weight excluding hydrogens is 164 g/mol. The van der Waals surface area contributed by atoms with Crippen LogP contribution in [0.3, 0.4) is 0 Å². The maximum atomic E-state index is 4.13. The Morgan fingerprint density at radius 1 is 1.15 bits per heavy atom. The standard InChI is InChI=1S/C9H8N4/c1-2-5-11-8(10-4-1)9-12-6-3-7-13-9/h1,3-7H,2H2. The van der Waals surface area contributed by atoms with Crippen molar-refractivity contribution in [3.8, 4) is 0 Å². The molecule has 0 amide bonds. The molecule has 0 radical (unpaired) electrons. The maximum Gasteiger partial charge on any atom is 0.197 e. The lowest BCUT2D eigenvalue weighted by Gasteiger charge is -1.94. The normalized spacial score (nSPS) is 15.2. The number of rotatable bonds is 1. The Bertz CT molecular complexity index is 364. The molecule has 1 aliphatic heterocycles. The van der Waals surface area contributed by atoms with E-state index in [-0.39, 0.29) is 0 Å². The number of hydrogen-bond acceptors (Lipinski definition) is 4. The minimum Gasteiger partial charge on any atom is -0.238 e. The first-order valence-corrected chi connectivity index (χ1v) is 3.99. The average molecular weight is 172 g/mol. The van der Waals surface area contributed by atoms with E-state index >= 15 is 0 Å². The van der Waals surface area contributed by atoms with Crippen LogP contribution in [-0.2, 0) is 0 Å². The third-order valence-corrected chi connectivity index (χ3v) is 1.52. The van der Waals surface area contributed by atoms with Gasteiger partial charge in [0.05, 0.1) is 0 Å². The molecule has 0 saturated carbocycles. The van der Waals surface area contributed by atoms with Crippen molar-refractivity contribution in [2.75, 3.05) is 0 Å². The van der Waals surface area contributed by atoms with Gasteiger partial charge in [-0.05, 0) is 6.07 Å². The average Bonchev–Trinajstić information content (AvgIpc) is 2.47. The first kappa shape index (κ1) is 7.79. The molecule has 2 heterocycles. The van der Waals surface area contributed by atoms with E-state index in [1.807, 2.05) is 6.08 Å². The van der Waals surface area contributed by atoms with Crippen LogP contribution >= 0.6 is 0 Å². The summed E-state index contributed by atoms with van der Waals surface area (Å²) in [7, 11) is 0. The molecular formula is C9H8N4. The van der Waals surface area contributed by atoms with E-state index < -0.39 is 0 Å². The Morgan fingerprint density at radius 3 is 2.85 bits per heavy atom. The zero-order valence-corrected chi connectivity index (χ0v) is 6.96. The summed E-state index contributed by atoms with van der Waals surface area (Å²) in [6.45, 7) is 0. The fourth-order valence-corrected chi connectivity index (χ4v) is 0.948. The van der Waals surface area contributed by atoms with E-state index in [0.29, 0.717) is 11.7 Å². The molecule has 64 valence electrons. The minimum atomic E-state index is 0.560. The SMILES string of the molecule is C1=CN=C(c2ncccn2)N=CC1. The molecule has 13 heavy (non-hydrogen) atoms. The van der Waals surface area contributed by atoms with Gasteiger partial charge in [-0.25, -0.2) is 20.0 Å². The van der Waals surface area contributed by atoms with E-state index in [1.54, 1.807) is 30.9 Å². The van der Waals surface area contributed by atoms with Gasteiger partial charge in [0.1, 0.15) is 0 Å². The summed E-state index contributed by atoms with van der Waals surface area (Å²) in [5, 5.41) is 0. The third-order valence-electron chi connectivity index (χ3n) is 1.52. The maximum absolute atomic E-state index is 4.13. The topological polar surface area (TPSA) is 50.5 Å².